The summed E-state index contributed by atoms with van der Waals surface area (Å²) in [6.07, 6.45) is 2.93. The fourth-order valence-corrected chi connectivity index (χ4v) is 3.82. The van der Waals surface area contributed by atoms with Crippen molar-refractivity contribution in [3.63, 3.8) is 0 Å². The Morgan fingerprint density at radius 3 is 2.39 bits per heavy atom. The molecule has 0 amide bonds. The molecule has 31 heavy (non-hydrogen) atoms. The van der Waals surface area contributed by atoms with E-state index in [1.807, 2.05) is 12.1 Å². The second kappa shape index (κ2) is 8.82. The summed E-state index contributed by atoms with van der Waals surface area (Å²) < 4.78 is 37.7. The molecule has 1 aromatic heterocycles. The number of halogens is 2. The lowest BCUT2D eigenvalue weighted by Crippen LogP contribution is -2.19. The van der Waals surface area contributed by atoms with Crippen molar-refractivity contribution in [2.75, 3.05) is 31.7 Å². The number of ether oxygens (including phenoxy) is 4. The second-order valence-corrected chi connectivity index (χ2v) is 7.88. The zero-order valence-corrected chi connectivity index (χ0v) is 17.4. The molecule has 0 aliphatic carbocycles. The lowest BCUT2D eigenvalue weighted by atomic mass is 10.2. The standard InChI is InChI=1S/C22H21ClFN3O4/c23-16-2-1-3-17(21(16)24)27-22-15-8-19(30-13-4-6-28-10-13)20(9-18(15)25-12-26-22)31-14-5-7-29-11-14/h1-3,8-9,12-14H,4-7,10-11H2,(H,25,26,27)/t13-,14-/m0/s1. The van der Waals surface area contributed by atoms with E-state index in [0.717, 1.165) is 12.8 Å². The highest BCUT2D eigenvalue weighted by Gasteiger charge is 2.24. The molecule has 2 aliphatic heterocycles. The van der Waals surface area contributed by atoms with Crippen molar-refractivity contribution in [1.82, 2.24) is 9.97 Å². The number of fused-ring (bicyclic) bond motifs is 1. The smallest absolute Gasteiger partial charge is 0.165 e. The summed E-state index contributed by atoms with van der Waals surface area (Å²) in [5.74, 6) is 1.05. The summed E-state index contributed by atoms with van der Waals surface area (Å²) in [5.41, 5.74) is 0.867. The number of hydrogen-bond acceptors (Lipinski definition) is 7. The van der Waals surface area contributed by atoms with Crippen LogP contribution in [0.3, 0.4) is 0 Å². The predicted octanol–water partition coefficient (Wildman–Crippen LogP) is 4.50. The second-order valence-electron chi connectivity index (χ2n) is 7.47. The average molecular weight is 446 g/mol. The Bertz CT molecular complexity index is 1090. The number of nitrogens with zero attached hydrogens (tertiary/aromatic N) is 2. The lowest BCUT2D eigenvalue weighted by molar-refractivity contribution is 0.123. The monoisotopic (exact) mass is 445 g/mol. The van der Waals surface area contributed by atoms with Crippen LogP contribution in [0.15, 0.2) is 36.7 Å². The van der Waals surface area contributed by atoms with Gasteiger partial charge < -0.3 is 24.3 Å². The highest BCUT2D eigenvalue weighted by atomic mass is 35.5. The maximum atomic E-state index is 14.4. The molecule has 2 aromatic carbocycles. The van der Waals surface area contributed by atoms with Gasteiger partial charge >= 0.3 is 0 Å². The van der Waals surface area contributed by atoms with Gasteiger partial charge in [-0.15, -0.1) is 0 Å². The van der Waals surface area contributed by atoms with Crippen LogP contribution >= 0.6 is 11.6 Å². The van der Waals surface area contributed by atoms with Gasteiger partial charge in [0.1, 0.15) is 24.4 Å². The molecule has 3 heterocycles. The maximum absolute atomic E-state index is 14.4. The van der Waals surface area contributed by atoms with Crippen LogP contribution in [0.25, 0.3) is 10.9 Å². The highest BCUT2D eigenvalue weighted by molar-refractivity contribution is 6.31. The van der Waals surface area contributed by atoms with Gasteiger partial charge in [0, 0.05) is 24.3 Å². The lowest BCUT2D eigenvalue weighted by Gasteiger charge is -2.20. The molecular formula is C22H21ClFN3O4. The van der Waals surface area contributed by atoms with Gasteiger partial charge in [-0.1, -0.05) is 17.7 Å². The molecule has 5 rings (SSSR count). The van der Waals surface area contributed by atoms with Crippen molar-refractivity contribution >= 4 is 34.0 Å². The Kier molecular flexibility index (Phi) is 5.76. The number of anilines is 2. The first-order chi connectivity index (χ1) is 15.2. The summed E-state index contributed by atoms with van der Waals surface area (Å²) in [7, 11) is 0. The van der Waals surface area contributed by atoms with Gasteiger partial charge in [-0.2, -0.15) is 0 Å². The van der Waals surface area contributed by atoms with Crippen LogP contribution < -0.4 is 14.8 Å². The molecule has 0 radical (unpaired) electrons. The summed E-state index contributed by atoms with van der Waals surface area (Å²) >= 11 is 5.91. The van der Waals surface area contributed by atoms with Crippen molar-refractivity contribution in [1.29, 1.82) is 0 Å². The van der Waals surface area contributed by atoms with Gasteiger partial charge in [-0.05, 0) is 18.2 Å². The Labute approximate surface area is 183 Å². The first kappa shape index (κ1) is 20.2. The van der Waals surface area contributed by atoms with Gasteiger partial charge in [0.05, 0.1) is 42.7 Å². The Balaban J connectivity index is 1.53. The number of aromatic nitrogens is 2. The Hall–Kier alpha value is -2.68. The summed E-state index contributed by atoms with van der Waals surface area (Å²) in [6.45, 7) is 2.39. The molecule has 9 heteroatoms. The topological polar surface area (TPSA) is 74.7 Å². The van der Waals surface area contributed by atoms with Gasteiger partial charge in [0.2, 0.25) is 0 Å². The Morgan fingerprint density at radius 1 is 1.00 bits per heavy atom. The Morgan fingerprint density at radius 2 is 1.71 bits per heavy atom. The molecule has 0 saturated carbocycles. The predicted molar refractivity (Wildman–Crippen MR) is 114 cm³/mol. The molecule has 2 fully saturated rings. The van der Waals surface area contributed by atoms with E-state index < -0.39 is 5.82 Å². The molecule has 7 nitrogen and oxygen atoms in total. The number of hydrogen-bond donors (Lipinski definition) is 1. The van der Waals surface area contributed by atoms with E-state index in [4.69, 9.17) is 30.5 Å². The number of nitrogens with one attached hydrogen (secondary N) is 1. The minimum atomic E-state index is -0.545. The van der Waals surface area contributed by atoms with Gasteiger partial charge in [0.15, 0.2) is 17.3 Å². The molecule has 1 N–H and O–H groups in total. The van der Waals surface area contributed by atoms with Crippen molar-refractivity contribution in [2.45, 2.75) is 25.0 Å². The fourth-order valence-electron chi connectivity index (χ4n) is 3.65. The van der Waals surface area contributed by atoms with Gasteiger partial charge in [0.25, 0.3) is 0 Å². The third kappa shape index (κ3) is 4.37. The SMILES string of the molecule is Fc1c(Cl)cccc1Nc1ncnc2cc(O[C@H]3CCOC3)c(O[C@H]3CCOC3)cc12. The first-order valence-corrected chi connectivity index (χ1v) is 10.5. The van der Waals surface area contributed by atoms with E-state index >= 15 is 0 Å². The van der Waals surface area contributed by atoms with Crippen LogP contribution in [0.5, 0.6) is 11.5 Å². The zero-order valence-electron chi connectivity index (χ0n) is 16.6. The first-order valence-electron chi connectivity index (χ1n) is 10.2. The van der Waals surface area contributed by atoms with E-state index in [2.05, 4.69) is 15.3 Å². The molecule has 0 spiro atoms. The third-order valence-corrected chi connectivity index (χ3v) is 5.56. The maximum Gasteiger partial charge on any atom is 0.165 e. The third-order valence-electron chi connectivity index (χ3n) is 5.27. The van der Waals surface area contributed by atoms with Crippen molar-refractivity contribution in [2.24, 2.45) is 0 Å². The average Bonchev–Trinajstić information content (AvgIpc) is 3.47. The van der Waals surface area contributed by atoms with Gasteiger partial charge in [-0.25, -0.2) is 14.4 Å². The summed E-state index contributed by atoms with van der Waals surface area (Å²) in [6, 6.07) is 8.40. The molecular weight excluding hydrogens is 425 g/mol. The van der Waals surface area contributed by atoms with E-state index in [9.17, 15) is 4.39 Å². The molecule has 2 saturated heterocycles. The van der Waals surface area contributed by atoms with Crippen molar-refractivity contribution in [3.8, 4) is 11.5 Å². The van der Waals surface area contributed by atoms with Crippen molar-refractivity contribution < 1.29 is 23.3 Å². The highest BCUT2D eigenvalue weighted by Crippen LogP contribution is 2.37. The molecule has 162 valence electrons. The molecule has 0 bridgehead atoms. The van der Waals surface area contributed by atoms with Crippen LogP contribution in [0.4, 0.5) is 15.9 Å². The normalized spacial score (nSPS) is 20.8. The molecule has 2 aliphatic rings. The zero-order chi connectivity index (χ0) is 21.2. The minimum absolute atomic E-state index is 0.0306. The molecule has 0 unspecified atom stereocenters. The summed E-state index contributed by atoms with van der Waals surface area (Å²) in [5, 5.41) is 3.72. The van der Waals surface area contributed by atoms with E-state index in [0.29, 0.717) is 54.6 Å². The minimum Gasteiger partial charge on any atom is -0.484 e. The fraction of sp³-hybridized carbons (Fsp3) is 0.364. The van der Waals surface area contributed by atoms with Crippen LogP contribution in [0, 0.1) is 5.82 Å². The van der Waals surface area contributed by atoms with Crippen LogP contribution in [-0.4, -0.2) is 48.6 Å². The van der Waals surface area contributed by atoms with Gasteiger partial charge in [-0.3, -0.25) is 0 Å². The van der Waals surface area contributed by atoms with E-state index in [-0.39, 0.29) is 22.9 Å². The van der Waals surface area contributed by atoms with Crippen LogP contribution in [0.2, 0.25) is 5.02 Å². The molecule has 3 aromatic rings. The quantitative estimate of drug-likeness (QED) is 0.598. The summed E-state index contributed by atoms with van der Waals surface area (Å²) in [4.78, 5) is 8.67. The number of benzene rings is 2. The van der Waals surface area contributed by atoms with E-state index in [1.54, 1.807) is 12.1 Å². The van der Waals surface area contributed by atoms with Crippen molar-refractivity contribution in [3.05, 3.63) is 47.5 Å². The number of rotatable bonds is 6. The van der Waals surface area contributed by atoms with Crippen LogP contribution in [0.1, 0.15) is 12.8 Å². The largest absolute Gasteiger partial charge is 0.484 e. The van der Waals surface area contributed by atoms with E-state index in [1.165, 1.54) is 12.4 Å². The molecule has 2 atom stereocenters. The van der Waals surface area contributed by atoms with Crippen LogP contribution in [-0.2, 0) is 9.47 Å².